The molecule has 2 aromatic carbocycles. The van der Waals surface area contributed by atoms with Crippen LogP contribution in [0.5, 0.6) is 0 Å². The summed E-state index contributed by atoms with van der Waals surface area (Å²) < 4.78 is 9.03. The van der Waals surface area contributed by atoms with Gasteiger partial charge in [0.15, 0.2) is 0 Å². The van der Waals surface area contributed by atoms with Gasteiger partial charge in [-0.05, 0) is 12.1 Å². The van der Waals surface area contributed by atoms with Crippen molar-refractivity contribution in [1.82, 2.24) is 9.97 Å². The summed E-state index contributed by atoms with van der Waals surface area (Å²) in [5, 5.41) is 0.351. The number of aromatic nitrogens is 2. The van der Waals surface area contributed by atoms with E-state index in [1.165, 1.54) is 12.1 Å². The minimum Gasteiger partial charge on any atom is -0.372 e. The van der Waals surface area contributed by atoms with Gasteiger partial charge in [0.1, 0.15) is 0 Å². The van der Waals surface area contributed by atoms with Gasteiger partial charge in [0.05, 0.1) is 21.8 Å². The van der Waals surface area contributed by atoms with Gasteiger partial charge in [0, 0.05) is 11.1 Å². The molecule has 0 aliphatic carbocycles. The largest absolute Gasteiger partial charge is 0.419 e. The molecule has 2 heterocycles. The first-order valence-corrected chi connectivity index (χ1v) is 6.87. The molecule has 0 atom stereocenters. The molecule has 0 radical (unpaired) electrons. The van der Waals surface area contributed by atoms with Gasteiger partial charge >= 0.3 is 22.8 Å². The van der Waals surface area contributed by atoms with E-state index < -0.39 is 22.8 Å². The fraction of sp³-hybridized carbons (Fsp3) is 0. The van der Waals surface area contributed by atoms with Gasteiger partial charge in [0.2, 0.25) is 0 Å². The monoisotopic (exact) mass is 324 g/mol. The lowest BCUT2D eigenvalue weighted by Gasteiger charge is -2.08. The summed E-state index contributed by atoms with van der Waals surface area (Å²) in [5.41, 5.74) is -0.123. The number of H-pyrrole nitrogens is 2. The molecular weight excluding hydrogens is 316 g/mol. The van der Waals surface area contributed by atoms with Crippen molar-refractivity contribution < 1.29 is 8.83 Å². The van der Waals surface area contributed by atoms with Gasteiger partial charge in [-0.3, -0.25) is 9.97 Å². The summed E-state index contributed by atoms with van der Waals surface area (Å²) >= 11 is 0. The Morgan fingerprint density at radius 3 is 1.46 bits per heavy atom. The van der Waals surface area contributed by atoms with Crippen LogP contribution < -0.4 is 22.8 Å². The van der Waals surface area contributed by atoms with Crippen molar-refractivity contribution in [2.75, 3.05) is 0 Å². The lowest BCUT2D eigenvalue weighted by molar-refractivity contribution is 0.459. The quantitative estimate of drug-likeness (QED) is 0.536. The lowest BCUT2D eigenvalue weighted by Crippen LogP contribution is -2.16. The molecule has 24 heavy (non-hydrogen) atoms. The molecule has 0 amide bonds. The Morgan fingerprint density at radius 1 is 0.625 bits per heavy atom. The van der Waals surface area contributed by atoms with Crippen LogP contribution >= 0.6 is 0 Å². The highest BCUT2D eigenvalue weighted by Gasteiger charge is 2.13. The Kier molecular flexibility index (Phi) is 2.86. The molecule has 0 fully saturated rings. The second-order valence-electron chi connectivity index (χ2n) is 5.06. The maximum absolute atomic E-state index is 11.8. The number of hydrogen-bond acceptors (Lipinski definition) is 6. The van der Waals surface area contributed by atoms with Gasteiger partial charge in [-0.1, -0.05) is 24.3 Å². The molecule has 4 aromatic rings. The van der Waals surface area contributed by atoms with Gasteiger partial charge in [-0.2, -0.15) is 0 Å². The third kappa shape index (κ3) is 2.01. The maximum atomic E-state index is 11.8. The van der Waals surface area contributed by atoms with Crippen LogP contribution in [0.4, 0.5) is 0 Å². The predicted molar refractivity (Wildman–Crippen MR) is 85.2 cm³/mol. The van der Waals surface area contributed by atoms with Crippen molar-refractivity contribution in [2.45, 2.75) is 0 Å². The van der Waals surface area contributed by atoms with E-state index in [9.17, 15) is 19.2 Å². The van der Waals surface area contributed by atoms with E-state index in [1.807, 2.05) is 0 Å². The first kappa shape index (κ1) is 13.9. The van der Waals surface area contributed by atoms with Crippen molar-refractivity contribution in [3.8, 4) is 11.1 Å². The van der Waals surface area contributed by atoms with Gasteiger partial charge in [-0.15, -0.1) is 0 Å². The van der Waals surface area contributed by atoms with Crippen LogP contribution in [0.25, 0.3) is 32.9 Å². The molecule has 0 bridgehead atoms. The summed E-state index contributed by atoms with van der Waals surface area (Å²) in [6, 6.07) is 9.52. The van der Waals surface area contributed by atoms with Crippen molar-refractivity contribution in [2.24, 2.45) is 0 Å². The minimum absolute atomic E-state index is 0.175. The van der Waals surface area contributed by atoms with Crippen molar-refractivity contribution in [3.63, 3.8) is 0 Å². The Bertz CT molecular complexity index is 1230. The fourth-order valence-corrected chi connectivity index (χ4v) is 2.70. The van der Waals surface area contributed by atoms with E-state index in [1.54, 1.807) is 24.3 Å². The van der Waals surface area contributed by atoms with Crippen LogP contribution in [0.1, 0.15) is 0 Å². The molecule has 0 aliphatic heterocycles. The smallest absolute Gasteiger partial charge is 0.372 e. The van der Waals surface area contributed by atoms with E-state index in [2.05, 4.69) is 18.8 Å². The van der Waals surface area contributed by atoms with Crippen molar-refractivity contribution in [3.05, 3.63) is 78.3 Å². The summed E-state index contributed by atoms with van der Waals surface area (Å²) in [6.07, 6.45) is 0. The average molecular weight is 324 g/mol. The zero-order valence-electron chi connectivity index (χ0n) is 11.9. The van der Waals surface area contributed by atoms with Crippen LogP contribution in [0.3, 0.4) is 0 Å². The van der Waals surface area contributed by atoms with Crippen LogP contribution in [0, 0.1) is 0 Å². The van der Waals surface area contributed by atoms with Crippen LogP contribution in [0.15, 0.2) is 64.4 Å². The standard InChI is InChI=1S/C16H8N2O6/c19-13-9-5-1-3-7(11(9)17-15(21)23-13)8-4-2-6-10-12(8)18-16(22)24-14(10)20/h1-6H,(H,17,21)(H,18,22). The van der Waals surface area contributed by atoms with Gasteiger partial charge < -0.3 is 8.83 Å². The molecule has 0 unspecified atom stereocenters. The molecule has 0 saturated heterocycles. The normalized spacial score (nSPS) is 11.2. The number of nitrogens with one attached hydrogen (secondary N) is 2. The van der Waals surface area contributed by atoms with Crippen LogP contribution in [-0.2, 0) is 0 Å². The summed E-state index contributed by atoms with van der Waals surface area (Å²) in [7, 11) is 0. The Labute approximate surface area is 131 Å². The first-order valence-electron chi connectivity index (χ1n) is 6.87. The van der Waals surface area contributed by atoms with Crippen LogP contribution in [-0.4, -0.2) is 9.97 Å². The van der Waals surface area contributed by atoms with E-state index in [4.69, 9.17) is 0 Å². The molecule has 0 saturated carbocycles. The number of hydrogen-bond donors (Lipinski definition) is 2. The molecule has 2 aromatic heterocycles. The Morgan fingerprint density at radius 2 is 1.04 bits per heavy atom. The van der Waals surface area contributed by atoms with Gasteiger partial charge in [-0.25, -0.2) is 19.2 Å². The fourth-order valence-electron chi connectivity index (χ4n) is 2.70. The topological polar surface area (TPSA) is 126 Å². The number of aromatic amines is 2. The highest BCUT2D eigenvalue weighted by atomic mass is 16.4. The molecule has 118 valence electrons. The minimum atomic E-state index is -0.895. The van der Waals surface area contributed by atoms with E-state index in [0.29, 0.717) is 11.1 Å². The summed E-state index contributed by atoms with van der Waals surface area (Å²) in [6.45, 7) is 0. The average Bonchev–Trinajstić information content (AvgIpc) is 2.54. The maximum Gasteiger partial charge on any atom is 0.419 e. The number of rotatable bonds is 1. The molecule has 2 N–H and O–H groups in total. The van der Waals surface area contributed by atoms with E-state index in [0.717, 1.165) is 0 Å². The molecule has 4 rings (SSSR count). The Hall–Kier alpha value is -3.68. The molecule has 8 heteroatoms. The number of fused-ring (bicyclic) bond motifs is 2. The summed E-state index contributed by atoms with van der Waals surface area (Å²) in [5.74, 6) is -1.79. The highest BCUT2D eigenvalue weighted by molar-refractivity contribution is 6.01. The molecule has 0 spiro atoms. The zero-order valence-corrected chi connectivity index (χ0v) is 11.9. The van der Waals surface area contributed by atoms with E-state index in [-0.39, 0.29) is 21.8 Å². The third-order valence-electron chi connectivity index (χ3n) is 3.68. The highest BCUT2D eigenvalue weighted by Crippen LogP contribution is 2.29. The zero-order chi connectivity index (χ0) is 16.8. The Balaban J connectivity index is 2.23. The molecule has 0 aliphatic rings. The van der Waals surface area contributed by atoms with Crippen molar-refractivity contribution in [1.29, 1.82) is 0 Å². The molecule has 8 nitrogen and oxygen atoms in total. The van der Waals surface area contributed by atoms with Crippen LogP contribution in [0.2, 0.25) is 0 Å². The third-order valence-corrected chi connectivity index (χ3v) is 3.68. The van der Waals surface area contributed by atoms with E-state index >= 15 is 0 Å². The lowest BCUT2D eigenvalue weighted by atomic mass is 10.0. The van der Waals surface area contributed by atoms with Crippen molar-refractivity contribution >= 4 is 21.8 Å². The first-order chi connectivity index (χ1) is 11.5. The predicted octanol–water partition coefficient (Wildman–Crippen LogP) is 0.943. The van der Waals surface area contributed by atoms with Gasteiger partial charge in [0.25, 0.3) is 0 Å². The number of para-hydroxylation sites is 2. The SMILES string of the molecule is O=c1[nH]c2c(-c3cccc4c(=O)oc(=O)[nH]c34)cccc2c(=O)o1. The molecular formula is C16H8N2O6. The second-order valence-corrected chi connectivity index (χ2v) is 5.06. The summed E-state index contributed by atoms with van der Waals surface area (Å²) in [4.78, 5) is 51.7. The second kappa shape index (κ2) is 4.92. The number of benzene rings is 2.